The molecule has 1 atom stereocenters. The number of carboxylic acid groups (broad SMARTS) is 1. The van der Waals surface area contributed by atoms with Gasteiger partial charge in [0, 0.05) is 37.9 Å². The molecule has 0 spiro atoms. The van der Waals surface area contributed by atoms with Crippen LogP contribution in [0.25, 0.3) is 0 Å². The van der Waals surface area contributed by atoms with Gasteiger partial charge in [0.2, 0.25) is 0 Å². The number of nitriles is 1. The first-order valence-electron chi connectivity index (χ1n) is 9.70. The molecule has 1 aromatic rings. The van der Waals surface area contributed by atoms with E-state index in [1.165, 1.54) is 17.3 Å². The highest BCUT2D eigenvalue weighted by Gasteiger charge is 2.30. The van der Waals surface area contributed by atoms with E-state index in [2.05, 4.69) is 15.0 Å². The minimum Gasteiger partial charge on any atom is -0.465 e. The van der Waals surface area contributed by atoms with Crippen LogP contribution >= 0.6 is 0 Å². The standard InChI is InChI=1S/C20H28N6O4/c1-15(26(19(28)29)20(2,3)4)12-23-30-14-18(27)25-9-7-24(8-10-25)17-6-5-16(11-21)13-22-17/h5-6,12-13,15H,7-10,14H2,1-4H3,(H,28,29)/b23-12+. The SMILES string of the molecule is CC(/C=N/OCC(=O)N1CCN(c2ccc(C#N)cn2)CC1)N(C(=O)O)C(C)(C)C. The number of pyridine rings is 1. The third kappa shape index (κ3) is 6.07. The van der Waals surface area contributed by atoms with Crippen molar-refractivity contribution in [3.63, 3.8) is 0 Å². The summed E-state index contributed by atoms with van der Waals surface area (Å²) in [6.07, 6.45) is 1.86. The van der Waals surface area contributed by atoms with Crippen LogP contribution < -0.4 is 4.90 Å². The minimum atomic E-state index is -1.05. The molecule has 2 rings (SSSR count). The smallest absolute Gasteiger partial charge is 0.408 e. The average molecular weight is 416 g/mol. The Balaban J connectivity index is 1.79. The fourth-order valence-corrected chi connectivity index (χ4v) is 3.28. The third-order valence-electron chi connectivity index (χ3n) is 4.71. The van der Waals surface area contributed by atoms with E-state index >= 15 is 0 Å². The first kappa shape index (κ1) is 22.9. The molecule has 1 aliphatic heterocycles. The second-order valence-corrected chi connectivity index (χ2v) is 7.98. The second-order valence-electron chi connectivity index (χ2n) is 7.98. The molecule has 1 N–H and O–H groups in total. The van der Waals surface area contributed by atoms with Gasteiger partial charge >= 0.3 is 6.09 Å². The molecule has 0 radical (unpaired) electrons. The van der Waals surface area contributed by atoms with E-state index < -0.39 is 17.7 Å². The summed E-state index contributed by atoms with van der Waals surface area (Å²) >= 11 is 0. The fourth-order valence-electron chi connectivity index (χ4n) is 3.28. The summed E-state index contributed by atoms with van der Waals surface area (Å²) < 4.78 is 0. The lowest BCUT2D eigenvalue weighted by atomic mass is 10.0. The van der Waals surface area contributed by atoms with Crippen LogP contribution in [-0.4, -0.2) is 82.5 Å². The van der Waals surface area contributed by atoms with Crippen molar-refractivity contribution in [2.45, 2.75) is 39.3 Å². The number of rotatable bonds is 6. The van der Waals surface area contributed by atoms with Crippen molar-refractivity contribution in [1.82, 2.24) is 14.8 Å². The number of amides is 2. The van der Waals surface area contributed by atoms with Gasteiger partial charge < -0.3 is 19.7 Å². The van der Waals surface area contributed by atoms with Crippen molar-refractivity contribution in [3.8, 4) is 6.07 Å². The Morgan fingerprint density at radius 2 is 2.03 bits per heavy atom. The number of aromatic nitrogens is 1. The Morgan fingerprint density at radius 3 is 2.53 bits per heavy atom. The highest BCUT2D eigenvalue weighted by Crippen LogP contribution is 2.17. The third-order valence-corrected chi connectivity index (χ3v) is 4.71. The van der Waals surface area contributed by atoms with E-state index in [1.54, 1.807) is 44.7 Å². The van der Waals surface area contributed by atoms with Gasteiger partial charge in [0.05, 0.1) is 17.8 Å². The molecule has 0 saturated carbocycles. The van der Waals surface area contributed by atoms with E-state index in [0.717, 1.165) is 5.82 Å². The predicted octanol–water partition coefficient (Wildman–Crippen LogP) is 1.77. The number of anilines is 1. The van der Waals surface area contributed by atoms with Crippen molar-refractivity contribution in [3.05, 3.63) is 23.9 Å². The van der Waals surface area contributed by atoms with E-state index in [-0.39, 0.29) is 12.5 Å². The first-order valence-corrected chi connectivity index (χ1v) is 9.70. The number of nitrogens with zero attached hydrogens (tertiary/aromatic N) is 6. The number of piperazine rings is 1. The maximum absolute atomic E-state index is 12.3. The highest BCUT2D eigenvalue weighted by atomic mass is 16.6. The molecule has 1 aromatic heterocycles. The summed E-state index contributed by atoms with van der Waals surface area (Å²) in [6.45, 7) is 9.19. The van der Waals surface area contributed by atoms with Crippen LogP contribution in [0.3, 0.4) is 0 Å². The van der Waals surface area contributed by atoms with Crippen LogP contribution in [0.2, 0.25) is 0 Å². The number of carbonyl (C=O) groups is 2. The topological polar surface area (TPSA) is 122 Å². The van der Waals surface area contributed by atoms with Gasteiger partial charge in [-0.05, 0) is 39.8 Å². The van der Waals surface area contributed by atoms with Crippen LogP contribution in [0.4, 0.5) is 10.6 Å². The van der Waals surface area contributed by atoms with Gasteiger partial charge in [-0.2, -0.15) is 5.26 Å². The average Bonchev–Trinajstić information content (AvgIpc) is 2.70. The van der Waals surface area contributed by atoms with Gasteiger partial charge in [0.15, 0.2) is 6.61 Å². The minimum absolute atomic E-state index is 0.182. The van der Waals surface area contributed by atoms with Gasteiger partial charge in [-0.3, -0.25) is 9.69 Å². The van der Waals surface area contributed by atoms with Crippen molar-refractivity contribution in [2.75, 3.05) is 37.7 Å². The number of hydrogen-bond acceptors (Lipinski definition) is 7. The van der Waals surface area contributed by atoms with Crippen LogP contribution in [0.5, 0.6) is 0 Å². The molecule has 10 nitrogen and oxygen atoms in total. The van der Waals surface area contributed by atoms with E-state index in [1.807, 2.05) is 6.07 Å². The molecule has 0 aromatic carbocycles. The lowest BCUT2D eigenvalue weighted by Gasteiger charge is -2.36. The molecule has 30 heavy (non-hydrogen) atoms. The van der Waals surface area contributed by atoms with Crippen LogP contribution in [0.15, 0.2) is 23.5 Å². The van der Waals surface area contributed by atoms with Crippen LogP contribution in [0.1, 0.15) is 33.3 Å². The molecule has 2 heterocycles. The summed E-state index contributed by atoms with van der Waals surface area (Å²) in [5.74, 6) is 0.593. The largest absolute Gasteiger partial charge is 0.465 e. The molecule has 1 unspecified atom stereocenters. The maximum Gasteiger partial charge on any atom is 0.408 e. The Bertz CT molecular complexity index is 804. The summed E-state index contributed by atoms with van der Waals surface area (Å²) in [5, 5.41) is 22.0. The summed E-state index contributed by atoms with van der Waals surface area (Å²) in [5.41, 5.74) is -0.0788. The molecular formula is C20H28N6O4. The first-order chi connectivity index (χ1) is 14.1. The Morgan fingerprint density at radius 1 is 1.37 bits per heavy atom. The van der Waals surface area contributed by atoms with Gasteiger partial charge in [0.25, 0.3) is 5.91 Å². The molecule has 2 amide bonds. The molecule has 1 saturated heterocycles. The lowest BCUT2D eigenvalue weighted by molar-refractivity contribution is -0.136. The number of carbonyl (C=O) groups excluding carboxylic acids is 1. The summed E-state index contributed by atoms with van der Waals surface area (Å²) in [6, 6.07) is 5.06. The molecule has 162 valence electrons. The highest BCUT2D eigenvalue weighted by molar-refractivity contribution is 5.78. The van der Waals surface area contributed by atoms with Gasteiger partial charge in [-0.25, -0.2) is 9.78 Å². The Labute approximate surface area is 176 Å². The molecule has 10 heteroatoms. The van der Waals surface area contributed by atoms with E-state index in [4.69, 9.17) is 10.1 Å². The summed E-state index contributed by atoms with van der Waals surface area (Å²) in [7, 11) is 0. The van der Waals surface area contributed by atoms with Gasteiger partial charge in [-0.15, -0.1) is 0 Å². The van der Waals surface area contributed by atoms with Crippen LogP contribution in [0, 0.1) is 11.3 Å². The lowest BCUT2D eigenvalue weighted by Crippen LogP contribution is -2.50. The predicted molar refractivity (Wildman–Crippen MR) is 111 cm³/mol. The van der Waals surface area contributed by atoms with Crippen molar-refractivity contribution >= 4 is 24.0 Å². The van der Waals surface area contributed by atoms with Gasteiger partial charge in [0.1, 0.15) is 11.9 Å². The normalized spacial score (nSPS) is 15.6. The molecule has 0 aliphatic carbocycles. The number of oxime groups is 1. The molecule has 1 aliphatic rings. The van der Waals surface area contributed by atoms with Gasteiger partial charge in [-0.1, -0.05) is 5.16 Å². The summed E-state index contributed by atoms with van der Waals surface area (Å²) in [4.78, 5) is 38.1. The van der Waals surface area contributed by atoms with E-state index in [9.17, 15) is 14.7 Å². The monoisotopic (exact) mass is 416 g/mol. The Kier molecular flexibility index (Phi) is 7.58. The maximum atomic E-state index is 12.3. The number of hydrogen-bond donors (Lipinski definition) is 1. The molecular weight excluding hydrogens is 388 g/mol. The zero-order chi connectivity index (χ0) is 22.3. The fraction of sp³-hybridized carbons (Fsp3) is 0.550. The zero-order valence-corrected chi connectivity index (χ0v) is 17.8. The zero-order valence-electron chi connectivity index (χ0n) is 17.8. The van der Waals surface area contributed by atoms with Crippen molar-refractivity contribution in [1.29, 1.82) is 5.26 Å². The van der Waals surface area contributed by atoms with Crippen molar-refractivity contribution in [2.24, 2.45) is 5.16 Å². The quantitative estimate of drug-likeness (QED) is 0.554. The molecule has 0 bridgehead atoms. The van der Waals surface area contributed by atoms with Crippen LogP contribution in [-0.2, 0) is 9.63 Å². The van der Waals surface area contributed by atoms with Crippen molar-refractivity contribution < 1.29 is 19.5 Å². The Hall–Kier alpha value is -3.35. The molecule has 1 fully saturated rings. The van der Waals surface area contributed by atoms with E-state index in [0.29, 0.717) is 31.7 Å². The second kappa shape index (κ2) is 9.91.